The number of halogens is 2. The molecule has 0 radical (unpaired) electrons. The Morgan fingerprint density at radius 1 is 1.08 bits per heavy atom. The van der Waals surface area contributed by atoms with E-state index in [0.29, 0.717) is 46.0 Å². The van der Waals surface area contributed by atoms with Crippen molar-refractivity contribution < 1.29 is 14.3 Å². The maximum Gasteiger partial charge on any atom is 0.361 e. The van der Waals surface area contributed by atoms with Gasteiger partial charge in [-0.05, 0) is 67.5 Å². The summed E-state index contributed by atoms with van der Waals surface area (Å²) in [5.41, 5.74) is 2.47. The molecule has 0 amide bonds. The number of ether oxygens (including phenoxy) is 2. The number of esters is 1. The zero-order chi connectivity index (χ0) is 25.2. The molecule has 3 atom stereocenters. The molecule has 1 aliphatic heterocycles. The van der Waals surface area contributed by atoms with E-state index >= 15 is 0 Å². The predicted molar refractivity (Wildman–Crippen MR) is 143 cm³/mol. The summed E-state index contributed by atoms with van der Waals surface area (Å²) in [5.74, 6) is 1.55. The number of aromatic nitrogens is 3. The Balaban J connectivity index is 1.29. The van der Waals surface area contributed by atoms with E-state index in [2.05, 4.69) is 15.2 Å². The van der Waals surface area contributed by atoms with Crippen LogP contribution in [0.25, 0.3) is 0 Å². The van der Waals surface area contributed by atoms with Gasteiger partial charge in [-0.2, -0.15) is 0 Å². The van der Waals surface area contributed by atoms with Crippen LogP contribution in [-0.4, -0.2) is 53.0 Å². The molecule has 1 saturated heterocycles. The van der Waals surface area contributed by atoms with Crippen LogP contribution >= 0.6 is 35.0 Å². The van der Waals surface area contributed by atoms with Crippen molar-refractivity contribution in [3.8, 4) is 5.75 Å². The number of methoxy groups -OCH3 is 1. The molecule has 10 heteroatoms. The van der Waals surface area contributed by atoms with Crippen molar-refractivity contribution >= 4 is 46.6 Å². The third-order valence-corrected chi connectivity index (χ3v) is 8.99. The van der Waals surface area contributed by atoms with Gasteiger partial charge in [0.2, 0.25) is 5.69 Å². The minimum absolute atomic E-state index is 0.296. The molecule has 0 N–H and O–H groups in total. The van der Waals surface area contributed by atoms with E-state index in [9.17, 15) is 4.79 Å². The topological polar surface area (TPSA) is 69.5 Å². The maximum atomic E-state index is 12.6. The minimum Gasteiger partial charge on any atom is -0.497 e. The molecular weight excluding hydrogens is 519 g/mol. The second-order valence-corrected chi connectivity index (χ2v) is 11.3. The molecule has 0 spiro atoms. The fraction of sp³-hybridized carbons (Fsp3) is 0.423. The van der Waals surface area contributed by atoms with Gasteiger partial charge in [-0.15, -0.1) is 16.9 Å². The standard InChI is InChI=1S/C26H28Cl2N4O3S/c1-3-35-26(33)24-25(32(30-29-24)13-16-4-7-20(34-2)8-5-16)36-21-10-17-14-31(15-18(17)11-21)19-6-9-22(27)23(28)12-19/h4-9,12,17-18,21H,3,10-11,13-15H2,1-2H3/t17-,18+,21?. The van der Waals surface area contributed by atoms with Gasteiger partial charge < -0.3 is 14.4 Å². The number of fused-ring (bicyclic) bond motifs is 1. The zero-order valence-corrected chi connectivity index (χ0v) is 22.5. The molecule has 36 heavy (non-hydrogen) atoms. The van der Waals surface area contributed by atoms with Crippen molar-refractivity contribution in [3.63, 3.8) is 0 Å². The van der Waals surface area contributed by atoms with Gasteiger partial charge >= 0.3 is 5.97 Å². The Morgan fingerprint density at radius 3 is 2.44 bits per heavy atom. The number of anilines is 1. The lowest BCUT2D eigenvalue weighted by molar-refractivity contribution is 0.0515. The molecule has 1 unspecified atom stereocenters. The summed E-state index contributed by atoms with van der Waals surface area (Å²) in [6.45, 7) is 4.60. The molecular formula is C26H28Cl2N4O3S. The van der Waals surface area contributed by atoms with E-state index in [1.54, 1.807) is 25.8 Å². The van der Waals surface area contributed by atoms with E-state index in [0.717, 1.165) is 48.0 Å². The van der Waals surface area contributed by atoms with Gasteiger partial charge in [-0.3, -0.25) is 0 Å². The van der Waals surface area contributed by atoms with Crippen LogP contribution in [0.4, 0.5) is 5.69 Å². The van der Waals surface area contributed by atoms with Crippen LogP contribution in [0.2, 0.25) is 10.0 Å². The SMILES string of the molecule is CCOC(=O)c1nnn(Cc2ccc(OC)cc2)c1SC1C[C@@H]2CN(c3ccc(Cl)c(Cl)c3)C[C@@H]2C1. The van der Waals surface area contributed by atoms with Gasteiger partial charge in [0.05, 0.1) is 30.3 Å². The Hall–Kier alpha value is -2.42. The summed E-state index contributed by atoms with van der Waals surface area (Å²) in [7, 11) is 1.65. The van der Waals surface area contributed by atoms with E-state index in [4.69, 9.17) is 32.7 Å². The molecule has 1 aliphatic carbocycles. The summed E-state index contributed by atoms with van der Waals surface area (Å²) < 4.78 is 12.3. The number of hydrogen-bond donors (Lipinski definition) is 0. The van der Waals surface area contributed by atoms with Crippen molar-refractivity contribution in [1.29, 1.82) is 0 Å². The molecule has 2 aromatic carbocycles. The third-order valence-electron chi connectivity index (χ3n) is 6.90. The highest BCUT2D eigenvalue weighted by Crippen LogP contribution is 2.46. The van der Waals surface area contributed by atoms with Crippen molar-refractivity contribution in [1.82, 2.24) is 15.0 Å². The summed E-state index contributed by atoms with van der Waals surface area (Å²) in [5, 5.41) is 10.9. The average molecular weight is 548 g/mol. The highest BCUT2D eigenvalue weighted by atomic mass is 35.5. The van der Waals surface area contributed by atoms with Crippen LogP contribution in [0, 0.1) is 11.8 Å². The summed E-state index contributed by atoms with van der Waals surface area (Å²) in [6.07, 6.45) is 2.15. The summed E-state index contributed by atoms with van der Waals surface area (Å²) in [4.78, 5) is 15.0. The molecule has 5 rings (SSSR count). The first-order valence-corrected chi connectivity index (χ1v) is 13.7. The summed E-state index contributed by atoms with van der Waals surface area (Å²) in [6, 6.07) is 13.7. The number of nitrogens with zero attached hydrogens (tertiary/aromatic N) is 4. The highest BCUT2D eigenvalue weighted by Gasteiger charge is 2.42. The van der Waals surface area contributed by atoms with Crippen molar-refractivity contribution in [3.05, 3.63) is 63.8 Å². The Labute approximate surface area is 225 Å². The third kappa shape index (κ3) is 5.31. The molecule has 190 valence electrons. The fourth-order valence-electron chi connectivity index (χ4n) is 5.15. The van der Waals surface area contributed by atoms with Gasteiger partial charge in [0.1, 0.15) is 10.8 Å². The van der Waals surface area contributed by atoms with Crippen LogP contribution in [-0.2, 0) is 11.3 Å². The van der Waals surface area contributed by atoms with Crippen molar-refractivity contribution in [2.75, 3.05) is 31.7 Å². The largest absolute Gasteiger partial charge is 0.497 e. The minimum atomic E-state index is -0.426. The number of rotatable bonds is 8. The quantitative estimate of drug-likeness (QED) is 0.329. The lowest BCUT2D eigenvalue weighted by Gasteiger charge is -2.21. The normalized spacial score (nSPS) is 21.0. The molecule has 3 aromatic rings. The van der Waals surface area contributed by atoms with Crippen LogP contribution in [0.3, 0.4) is 0 Å². The average Bonchev–Trinajstić information content (AvgIpc) is 3.56. The second-order valence-electron chi connectivity index (χ2n) is 9.20. The fourth-order valence-corrected chi connectivity index (χ4v) is 6.90. The lowest BCUT2D eigenvalue weighted by Crippen LogP contribution is -2.22. The number of carbonyl (C=O) groups excluding carboxylic acids is 1. The van der Waals surface area contributed by atoms with Crippen LogP contribution in [0.15, 0.2) is 47.5 Å². The molecule has 2 heterocycles. The first-order valence-electron chi connectivity index (χ1n) is 12.0. The molecule has 2 fully saturated rings. The zero-order valence-electron chi connectivity index (χ0n) is 20.2. The van der Waals surface area contributed by atoms with Crippen molar-refractivity contribution in [2.24, 2.45) is 11.8 Å². The Bertz CT molecular complexity index is 1220. The lowest BCUT2D eigenvalue weighted by atomic mass is 10.0. The molecule has 7 nitrogen and oxygen atoms in total. The summed E-state index contributed by atoms with van der Waals surface area (Å²) >= 11 is 14.1. The van der Waals surface area contributed by atoms with Crippen LogP contribution in [0.1, 0.15) is 35.8 Å². The number of carbonyl (C=O) groups is 1. The van der Waals surface area contributed by atoms with E-state index in [1.807, 2.05) is 47.1 Å². The molecule has 1 aromatic heterocycles. The monoisotopic (exact) mass is 546 g/mol. The Morgan fingerprint density at radius 2 is 1.81 bits per heavy atom. The van der Waals surface area contributed by atoms with E-state index in [1.165, 1.54) is 0 Å². The van der Waals surface area contributed by atoms with Crippen molar-refractivity contribution in [2.45, 2.75) is 36.6 Å². The van der Waals surface area contributed by atoms with Crippen LogP contribution in [0.5, 0.6) is 5.75 Å². The van der Waals surface area contributed by atoms with Gasteiger partial charge in [0.15, 0.2) is 0 Å². The van der Waals surface area contributed by atoms with E-state index < -0.39 is 5.97 Å². The maximum absolute atomic E-state index is 12.6. The first-order chi connectivity index (χ1) is 17.4. The van der Waals surface area contributed by atoms with Gasteiger partial charge in [0.25, 0.3) is 0 Å². The van der Waals surface area contributed by atoms with Crippen LogP contribution < -0.4 is 9.64 Å². The number of benzene rings is 2. The smallest absolute Gasteiger partial charge is 0.361 e. The highest BCUT2D eigenvalue weighted by molar-refractivity contribution is 8.00. The van der Waals surface area contributed by atoms with Gasteiger partial charge in [-0.1, -0.05) is 40.5 Å². The first kappa shape index (κ1) is 25.2. The second kappa shape index (κ2) is 10.9. The van der Waals surface area contributed by atoms with Gasteiger partial charge in [-0.25, -0.2) is 9.48 Å². The molecule has 0 bridgehead atoms. The predicted octanol–water partition coefficient (Wildman–Crippen LogP) is 5.83. The van der Waals surface area contributed by atoms with E-state index in [-0.39, 0.29) is 0 Å². The number of thioether (sulfide) groups is 1. The van der Waals surface area contributed by atoms with Gasteiger partial charge in [0, 0.05) is 24.0 Å². The Kier molecular flexibility index (Phi) is 7.65. The molecule has 2 aliphatic rings. The molecule has 1 saturated carbocycles. The number of hydrogen-bond acceptors (Lipinski definition) is 7.